The highest BCUT2D eigenvalue weighted by Crippen LogP contribution is 2.07. The second-order valence-electron chi connectivity index (χ2n) is 3.88. The lowest BCUT2D eigenvalue weighted by Crippen LogP contribution is -2.40. The summed E-state index contributed by atoms with van der Waals surface area (Å²) in [6.45, 7) is 0.325. The third-order valence-corrected chi connectivity index (χ3v) is 3.86. The zero-order chi connectivity index (χ0) is 13.0. The molecule has 1 fully saturated rings. The summed E-state index contributed by atoms with van der Waals surface area (Å²) in [6, 6.07) is 8.15. The molecule has 1 aromatic rings. The average Bonchev–Trinajstić information content (AvgIpc) is 2.76. The summed E-state index contributed by atoms with van der Waals surface area (Å²) >= 11 is 0. The first kappa shape index (κ1) is 12.8. The molecule has 0 saturated carbocycles. The van der Waals surface area contributed by atoms with Crippen LogP contribution in [0.25, 0.3) is 0 Å². The van der Waals surface area contributed by atoms with Crippen LogP contribution in [0, 0.1) is 0 Å². The van der Waals surface area contributed by atoms with Crippen molar-refractivity contribution in [1.29, 1.82) is 0 Å². The molecule has 1 N–H and O–H groups in total. The van der Waals surface area contributed by atoms with E-state index in [0.29, 0.717) is 17.9 Å². The smallest absolute Gasteiger partial charge is 0.328 e. The summed E-state index contributed by atoms with van der Waals surface area (Å²) in [5.41, 5.74) is 0. The summed E-state index contributed by atoms with van der Waals surface area (Å²) in [5, 5.41) is 2.52. The van der Waals surface area contributed by atoms with Gasteiger partial charge in [0.05, 0.1) is 17.4 Å². The van der Waals surface area contributed by atoms with E-state index in [1.807, 2.05) is 6.07 Å². The minimum absolute atomic E-state index is 0.145. The maximum Gasteiger partial charge on any atom is 0.328 e. The summed E-state index contributed by atoms with van der Waals surface area (Å²) in [4.78, 5) is 23.4. The Balaban J connectivity index is 1.88. The number of benzene rings is 1. The first-order chi connectivity index (χ1) is 8.66. The Labute approximate surface area is 107 Å². The number of cyclic esters (lactones) is 1. The van der Waals surface area contributed by atoms with E-state index in [0.717, 1.165) is 0 Å². The zero-order valence-corrected chi connectivity index (χ0v) is 10.4. The predicted molar refractivity (Wildman–Crippen MR) is 65.2 cm³/mol. The highest BCUT2D eigenvalue weighted by atomic mass is 32.2. The Morgan fingerprint density at radius 2 is 2.11 bits per heavy atom. The maximum atomic E-state index is 11.8. The minimum atomic E-state index is -1.39. The molecule has 96 valence electrons. The van der Waals surface area contributed by atoms with Crippen molar-refractivity contribution in [1.82, 2.24) is 5.32 Å². The van der Waals surface area contributed by atoms with Crippen molar-refractivity contribution in [3.63, 3.8) is 0 Å². The molecule has 1 aliphatic heterocycles. The molecule has 0 aliphatic carbocycles. The van der Waals surface area contributed by atoms with Gasteiger partial charge in [-0.1, -0.05) is 18.2 Å². The molecule has 2 atom stereocenters. The molecule has 1 aliphatic rings. The molecule has 18 heavy (non-hydrogen) atoms. The van der Waals surface area contributed by atoms with Crippen LogP contribution >= 0.6 is 0 Å². The predicted octanol–water partition coefficient (Wildman–Crippen LogP) is 0.226. The molecule has 5 nitrogen and oxygen atoms in total. The van der Waals surface area contributed by atoms with Gasteiger partial charge in [-0.05, 0) is 12.1 Å². The fourth-order valence-corrected chi connectivity index (χ4v) is 2.59. The summed E-state index contributed by atoms with van der Waals surface area (Å²) in [7, 11) is -1.39. The SMILES string of the molecule is O=C(CS(=O)c1ccccc1)N[C@H]1CCOC1=O. The van der Waals surface area contributed by atoms with Gasteiger partial charge in [0.2, 0.25) is 5.91 Å². The van der Waals surface area contributed by atoms with Crippen molar-refractivity contribution in [3.05, 3.63) is 30.3 Å². The molecule has 0 radical (unpaired) electrons. The standard InChI is InChI=1S/C12H13NO4S/c14-11(13-10-6-7-17-12(10)15)8-18(16)9-4-2-1-3-5-9/h1-5,10H,6-8H2,(H,13,14)/t10-,18?/m0/s1. The van der Waals surface area contributed by atoms with E-state index in [1.165, 1.54) is 0 Å². The Morgan fingerprint density at radius 3 is 2.72 bits per heavy atom. The summed E-state index contributed by atoms with van der Waals surface area (Å²) < 4.78 is 16.6. The normalized spacial score (nSPS) is 20.2. The lowest BCUT2D eigenvalue weighted by atomic mass is 10.2. The zero-order valence-electron chi connectivity index (χ0n) is 9.63. The molecule has 1 saturated heterocycles. The van der Waals surface area contributed by atoms with E-state index in [4.69, 9.17) is 4.74 Å². The number of hydrogen-bond donors (Lipinski definition) is 1. The molecule has 1 heterocycles. The number of esters is 1. The maximum absolute atomic E-state index is 11.8. The van der Waals surface area contributed by atoms with Gasteiger partial charge in [-0.25, -0.2) is 4.79 Å². The van der Waals surface area contributed by atoms with E-state index in [9.17, 15) is 13.8 Å². The summed E-state index contributed by atoms with van der Waals surface area (Å²) in [6.07, 6.45) is 0.475. The second-order valence-corrected chi connectivity index (χ2v) is 5.33. The molecule has 2 rings (SSSR count). The number of amides is 1. The number of carbonyl (C=O) groups excluding carboxylic acids is 2. The third kappa shape index (κ3) is 3.16. The van der Waals surface area contributed by atoms with Gasteiger partial charge in [-0.2, -0.15) is 0 Å². The van der Waals surface area contributed by atoms with Gasteiger partial charge in [0, 0.05) is 11.3 Å². The van der Waals surface area contributed by atoms with Crippen molar-refractivity contribution in [2.24, 2.45) is 0 Å². The van der Waals surface area contributed by atoms with Gasteiger partial charge in [0.15, 0.2) is 0 Å². The largest absolute Gasteiger partial charge is 0.464 e. The Hall–Kier alpha value is -1.69. The number of ether oxygens (including phenoxy) is 1. The van der Waals surface area contributed by atoms with Gasteiger partial charge >= 0.3 is 5.97 Å². The molecule has 1 unspecified atom stereocenters. The highest BCUT2D eigenvalue weighted by molar-refractivity contribution is 7.85. The van der Waals surface area contributed by atoms with Gasteiger partial charge in [-0.3, -0.25) is 9.00 Å². The first-order valence-corrected chi connectivity index (χ1v) is 6.88. The number of nitrogens with one attached hydrogen (secondary N) is 1. The van der Waals surface area contributed by atoms with Gasteiger partial charge in [0.25, 0.3) is 0 Å². The van der Waals surface area contributed by atoms with E-state index < -0.39 is 28.7 Å². The molecule has 0 spiro atoms. The van der Waals surface area contributed by atoms with Gasteiger partial charge in [-0.15, -0.1) is 0 Å². The molecule has 0 bridgehead atoms. The monoisotopic (exact) mass is 267 g/mol. The van der Waals surface area contributed by atoms with Crippen LogP contribution in [0.15, 0.2) is 35.2 Å². The molecule has 6 heteroatoms. The van der Waals surface area contributed by atoms with Gasteiger partial charge < -0.3 is 10.1 Å². The third-order valence-electron chi connectivity index (χ3n) is 2.54. The van der Waals surface area contributed by atoms with Crippen LogP contribution in [0.4, 0.5) is 0 Å². The molecule has 0 aromatic heterocycles. The molecule has 1 amide bonds. The van der Waals surface area contributed by atoms with E-state index in [-0.39, 0.29) is 5.75 Å². The van der Waals surface area contributed by atoms with Crippen molar-refractivity contribution in [3.8, 4) is 0 Å². The van der Waals surface area contributed by atoms with Crippen LogP contribution in [0.3, 0.4) is 0 Å². The van der Waals surface area contributed by atoms with Crippen molar-refractivity contribution in [2.45, 2.75) is 17.4 Å². The van der Waals surface area contributed by atoms with Gasteiger partial charge in [0.1, 0.15) is 11.8 Å². The van der Waals surface area contributed by atoms with Crippen LogP contribution in [-0.4, -0.2) is 34.5 Å². The number of hydrogen-bond acceptors (Lipinski definition) is 4. The highest BCUT2D eigenvalue weighted by Gasteiger charge is 2.28. The van der Waals surface area contributed by atoms with Crippen molar-refractivity contribution in [2.75, 3.05) is 12.4 Å². The number of carbonyl (C=O) groups is 2. The van der Waals surface area contributed by atoms with Crippen LogP contribution in [0.5, 0.6) is 0 Å². The fourth-order valence-electron chi connectivity index (χ4n) is 1.64. The van der Waals surface area contributed by atoms with E-state index in [2.05, 4.69) is 5.32 Å². The van der Waals surface area contributed by atoms with E-state index in [1.54, 1.807) is 24.3 Å². The Morgan fingerprint density at radius 1 is 1.39 bits per heavy atom. The second kappa shape index (κ2) is 5.77. The minimum Gasteiger partial charge on any atom is -0.464 e. The summed E-state index contributed by atoms with van der Waals surface area (Å²) in [5.74, 6) is -0.969. The fraction of sp³-hybridized carbons (Fsp3) is 0.333. The van der Waals surface area contributed by atoms with Crippen molar-refractivity contribution < 1.29 is 18.5 Å². The van der Waals surface area contributed by atoms with Crippen LogP contribution in [-0.2, 0) is 25.1 Å². The van der Waals surface area contributed by atoms with Crippen LogP contribution in [0.1, 0.15) is 6.42 Å². The first-order valence-electron chi connectivity index (χ1n) is 5.56. The van der Waals surface area contributed by atoms with Crippen LogP contribution < -0.4 is 5.32 Å². The topological polar surface area (TPSA) is 72.5 Å². The number of rotatable bonds is 4. The Bertz CT molecular complexity index is 474. The molecular formula is C12H13NO4S. The molecular weight excluding hydrogens is 254 g/mol. The average molecular weight is 267 g/mol. The van der Waals surface area contributed by atoms with E-state index >= 15 is 0 Å². The van der Waals surface area contributed by atoms with Crippen LogP contribution in [0.2, 0.25) is 0 Å². The lowest BCUT2D eigenvalue weighted by Gasteiger charge is -2.08. The Kier molecular flexibility index (Phi) is 4.09. The molecule has 1 aromatic carbocycles. The quantitative estimate of drug-likeness (QED) is 0.792. The lowest BCUT2D eigenvalue weighted by molar-refractivity contribution is -0.141. The van der Waals surface area contributed by atoms with Crippen molar-refractivity contribution >= 4 is 22.7 Å².